The second kappa shape index (κ2) is 7.50. The minimum absolute atomic E-state index is 0.00371. The van der Waals surface area contributed by atoms with Gasteiger partial charge in [0, 0.05) is 17.3 Å². The monoisotopic (exact) mass is 423 g/mol. The zero-order valence-corrected chi connectivity index (χ0v) is 16.9. The van der Waals surface area contributed by atoms with Crippen molar-refractivity contribution in [3.63, 3.8) is 0 Å². The molecule has 158 valence electrons. The number of aromatic nitrogens is 3. The van der Waals surface area contributed by atoms with Crippen molar-refractivity contribution in [3.05, 3.63) is 54.6 Å². The second-order valence-corrected chi connectivity index (χ2v) is 7.49. The van der Waals surface area contributed by atoms with E-state index in [2.05, 4.69) is 20.3 Å². The van der Waals surface area contributed by atoms with Gasteiger partial charge in [-0.1, -0.05) is 0 Å². The van der Waals surface area contributed by atoms with E-state index in [1.165, 1.54) is 12.5 Å². The van der Waals surface area contributed by atoms with Crippen LogP contribution in [-0.4, -0.2) is 34.1 Å². The lowest BCUT2D eigenvalue weighted by atomic mass is 10.1. The minimum Gasteiger partial charge on any atom is -0.486 e. The Morgan fingerprint density at radius 2 is 1.97 bits per heavy atom. The molecule has 2 aromatic carbocycles. The highest BCUT2D eigenvalue weighted by atomic mass is 19.1. The summed E-state index contributed by atoms with van der Waals surface area (Å²) in [7, 11) is 0. The van der Waals surface area contributed by atoms with Gasteiger partial charge >= 0.3 is 0 Å². The molecule has 3 heterocycles. The van der Waals surface area contributed by atoms with Gasteiger partial charge in [0.25, 0.3) is 0 Å². The third-order valence-electron chi connectivity index (χ3n) is 5.14. The first-order valence-corrected chi connectivity index (χ1v) is 9.86. The normalized spacial score (nSPS) is 13.4. The van der Waals surface area contributed by atoms with Crippen LogP contribution < -0.4 is 15.0 Å². The van der Waals surface area contributed by atoms with Gasteiger partial charge in [-0.3, -0.25) is 0 Å². The van der Waals surface area contributed by atoms with Crippen LogP contribution in [0.5, 0.6) is 5.75 Å². The van der Waals surface area contributed by atoms with E-state index in [9.17, 15) is 8.78 Å². The van der Waals surface area contributed by atoms with Gasteiger partial charge in [0.05, 0.1) is 18.4 Å². The maximum atomic E-state index is 14.8. The maximum Gasteiger partial charge on any atom is 0.227 e. The molecule has 1 aliphatic rings. The Labute approximate surface area is 176 Å². The smallest absolute Gasteiger partial charge is 0.227 e. The first-order valence-electron chi connectivity index (χ1n) is 9.86. The molecule has 9 heteroatoms. The number of halogens is 2. The summed E-state index contributed by atoms with van der Waals surface area (Å²) in [6, 6.07) is 8.37. The average Bonchev–Trinajstić information content (AvgIpc) is 3.22. The Kier molecular flexibility index (Phi) is 4.65. The van der Waals surface area contributed by atoms with Crippen LogP contribution in [0.15, 0.2) is 47.3 Å². The number of benzene rings is 2. The van der Waals surface area contributed by atoms with Crippen molar-refractivity contribution in [1.29, 1.82) is 0 Å². The molecule has 5 rings (SSSR count). The lowest BCUT2D eigenvalue weighted by Gasteiger charge is -2.34. The number of ether oxygens (including phenoxy) is 1. The van der Waals surface area contributed by atoms with E-state index >= 15 is 0 Å². The lowest BCUT2D eigenvalue weighted by Crippen LogP contribution is -2.38. The molecule has 4 aromatic rings. The summed E-state index contributed by atoms with van der Waals surface area (Å²) in [6.45, 7) is 5.04. The summed E-state index contributed by atoms with van der Waals surface area (Å²) in [5.74, 6) is -0.849. The van der Waals surface area contributed by atoms with Gasteiger partial charge in [-0.2, -0.15) is 0 Å². The molecular formula is C22H19F2N5O2. The van der Waals surface area contributed by atoms with Crippen molar-refractivity contribution in [1.82, 2.24) is 15.0 Å². The molecule has 0 saturated carbocycles. The van der Waals surface area contributed by atoms with E-state index in [0.717, 1.165) is 6.20 Å². The number of hydrogen-bond donors (Lipinski definition) is 1. The van der Waals surface area contributed by atoms with Gasteiger partial charge in [-0.05, 0) is 44.2 Å². The summed E-state index contributed by atoms with van der Waals surface area (Å²) in [5.41, 5.74) is 2.86. The molecule has 0 bridgehead atoms. The predicted molar refractivity (Wildman–Crippen MR) is 113 cm³/mol. The predicted octanol–water partition coefficient (Wildman–Crippen LogP) is 4.91. The van der Waals surface area contributed by atoms with Crippen molar-refractivity contribution < 1.29 is 17.9 Å². The number of hydrogen-bond acceptors (Lipinski definition) is 7. The van der Waals surface area contributed by atoms with E-state index in [1.54, 1.807) is 24.3 Å². The molecule has 0 radical (unpaired) electrons. The van der Waals surface area contributed by atoms with Gasteiger partial charge in [0.15, 0.2) is 29.4 Å². The first kappa shape index (κ1) is 19.2. The highest BCUT2D eigenvalue weighted by molar-refractivity contribution is 5.78. The maximum absolute atomic E-state index is 14.8. The molecule has 7 nitrogen and oxygen atoms in total. The Bertz CT molecular complexity index is 1270. The van der Waals surface area contributed by atoms with Gasteiger partial charge in [0.2, 0.25) is 5.95 Å². The van der Waals surface area contributed by atoms with Crippen LogP contribution in [0.3, 0.4) is 0 Å². The Hall–Kier alpha value is -3.75. The highest BCUT2D eigenvalue weighted by Gasteiger charge is 2.25. The fourth-order valence-electron chi connectivity index (χ4n) is 3.67. The number of oxazole rings is 1. The Balaban J connectivity index is 1.53. The number of nitrogens with zero attached hydrogens (tertiary/aromatic N) is 4. The van der Waals surface area contributed by atoms with E-state index in [0.29, 0.717) is 41.2 Å². The third-order valence-corrected chi connectivity index (χ3v) is 5.14. The summed E-state index contributed by atoms with van der Waals surface area (Å²) in [4.78, 5) is 14.4. The fourth-order valence-corrected chi connectivity index (χ4v) is 3.67. The summed E-state index contributed by atoms with van der Waals surface area (Å²) >= 11 is 0. The molecule has 0 saturated heterocycles. The number of rotatable bonds is 4. The molecule has 0 unspecified atom stereocenters. The Morgan fingerprint density at radius 1 is 1.10 bits per heavy atom. The van der Waals surface area contributed by atoms with E-state index < -0.39 is 11.6 Å². The second-order valence-electron chi connectivity index (χ2n) is 7.49. The number of fused-ring (bicyclic) bond motifs is 2. The molecule has 1 N–H and O–H groups in total. The largest absolute Gasteiger partial charge is 0.486 e. The van der Waals surface area contributed by atoms with Crippen LogP contribution in [0.2, 0.25) is 0 Å². The zero-order chi connectivity index (χ0) is 21.5. The molecule has 2 aromatic heterocycles. The van der Waals surface area contributed by atoms with Crippen LogP contribution in [0, 0.1) is 11.6 Å². The molecule has 0 atom stereocenters. The third kappa shape index (κ3) is 3.52. The number of anilines is 3. The Morgan fingerprint density at radius 3 is 2.81 bits per heavy atom. The van der Waals surface area contributed by atoms with Crippen LogP contribution in [0.4, 0.5) is 26.1 Å². The minimum atomic E-state index is -0.648. The SMILES string of the molecule is CC(C)N1CCOc2c(F)cc(-c3nc(Nc4ccc5ocnc5c4)ncc3F)cc21. The van der Waals surface area contributed by atoms with Crippen LogP contribution >= 0.6 is 0 Å². The molecule has 0 fully saturated rings. The van der Waals surface area contributed by atoms with Crippen molar-refractivity contribution in [2.45, 2.75) is 19.9 Å². The van der Waals surface area contributed by atoms with E-state index in [-0.39, 0.29) is 23.4 Å². The van der Waals surface area contributed by atoms with Crippen molar-refractivity contribution in [2.75, 3.05) is 23.4 Å². The highest BCUT2D eigenvalue weighted by Crippen LogP contribution is 2.39. The summed E-state index contributed by atoms with van der Waals surface area (Å²) < 4.78 is 40.2. The van der Waals surface area contributed by atoms with Crippen molar-refractivity contribution >= 4 is 28.4 Å². The molecule has 1 aliphatic heterocycles. The summed E-state index contributed by atoms with van der Waals surface area (Å²) in [6.07, 6.45) is 2.42. The van der Waals surface area contributed by atoms with Gasteiger partial charge in [0.1, 0.15) is 17.8 Å². The van der Waals surface area contributed by atoms with Gasteiger partial charge < -0.3 is 19.4 Å². The molecule has 31 heavy (non-hydrogen) atoms. The van der Waals surface area contributed by atoms with Crippen molar-refractivity contribution in [3.8, 4) is 17.0 Å². The van der Waals surface area contributed by atoms with Crippen LogP contribution in [0.25, 0.3) is 22.4 Å². The molecular weight excluding hydrogens is 404 g/mol. The lowest BCUT2D eigenvalue weighted by molar-refractivity contribution is 0.287. The quantitative estimate of drug-likeness (QED) is 0.500. The average molecular weight is 423 g/mol. The van der Waals surface area contributed by atoms with Crippen LogP contribution in [-0.2, 0) is 0 Å². The number of nitrogens with one attached hydrogen (secondary N) is 1. The fraction of sp³-hybridized carbons (Fsp3) is 0.227. The standard InChI is InChI=1S/C22H19F2N5O2/c1-12(2)29-5-6-30-21-15(23)7-13(8-18(21)29)20-16(24)10-25-22(28-20)27-14-3-4-19-17(9-14)26-11-31-19/h3-4,7-12H,5-6H2,1-2H3,(H,25,27,28). The zero-order valence-electron chi connectivity index (χ0n) is 16.9. The van der Waals surface area contributed by atoms with Gasteiger partial charge in [-0.15, -0.1) is 0 Å². The van der Waals surface area contributed by atoms with Gasteiger partial charge in [-0.25, -0.2) is 23.7 Å². The first-order chi connectivity index (χ1) is 15.0. The molecule has 0 aliphatic carbocycles. The topological polar surface area (TPSA) is 76.3 Å². The van der Waals surface area contributed by atoms with Crippen LogP contribution in [0.1, 0.15) is 13.8 Å². The van der Waals surface area contributed by atoms with E-state index in [1.807, 2.05) is 18.7 Å². The summed E-state index contributed by atoms with van der Waals surface area (Å²) in [5, 5.41) is 3.03. The molecule has 0 spiro atoms. The van der Waals surface area contributed by atoms with Crippen molar-refractivity contribution in [2.24, 2.45) is 0 Å². The molecule has 0 amide bonds. The van der Waals surface area contributed by atoms with E-state index in [4.69, 9.17) is 9.15 Å².